The zero-order valence-corrected chi connectivity index (χ0v) is 9.01. The molecule has 3 N–H and O–H groups in total. The third-order valence-corrected chi connectivity index (χ3v) is 3.74. The van der Waals surface area contributed by atoms with Gasteiger partial charge in [-0.2, -0.15) is 0 Å². The molecule has 0 aliphatic heterocycles. The van der Waals surface area contributed by atoms with Crippen molar-refractivity contribution in [2.45, 2.75) is 24.9 Å². The van der Waals surface area contributed by atoms with Crippen LogP contribution in [0.25, 0.3) is 0 Å². The fraction of sp³-hybridized carbons (Fsp3) is 0.500. The van der Waals surface area contributed by atoms with Crippen molar-refractivity contribution in [3.8, 4) is 0 Å². The molecule has 1 aromatic heterocycles. The standard InChI is InChI=1S/C10H13NO3S/c12-6-10(3-4-10)11-5-7-1-2-8(15-7)9(13)14/h1-2,11-12H,3-6H2,(H,13,14). The molecule has 1 fully saturated rings. The van der Waals surface area contributed by atoms with Crippen LogP contribution < -0.4 is 5.32 Å². The minimum absolute atomic E-state index is 0.0899. The molecule has 0 unspecified atom stereocenters. The van der Waals surface area contributed by atoms with Crippen LogP contribution in [-0.2, 0) is 6.54 Å². The highest BCUT2D eigenvalue weighted by Gasteiger charge is 2.41. The number of aliphatic hydroxyl groups excluding tert-OH is 1. The molecule has 15 heavy (non-hydrogen) atoms. The van der Waals surface area contributed by atoms with Crippen molar-refractivity contribution < 1.29 is 15.0 Å². The zero-order chi connectivity index (χ0) is 10.9. The number of rotatable bonds is 5. The second-order valence-electron chi connectivity index (χ2n) is 3.86. The second-order valence-corrected chi connectivity index (χ2v) is 5.03. The van der Waals surface area contributed by atoms with E-state index < -0.39 is 5.97 Å². The van der Waals surface area contributed by atoms with E-state index in [1.807, 2.05) is 6.07 Å². The summed E-state index contributed by atoms with van der Waals surface area (Å²) in [5, 5.41) is 21.1. The van der Waals surface area contributed by atoms with Crippen LogP contribution in [0.1, 0.15) is 27.4 Å². The minimum atomic E-state index is -0.880. The maximum Gasteiger partial charge on any atom is 0.345 e. The van der Waals surface area contributed by atoms with Crippen molar-refractivity contribution >= 4 is 17.3 Å². The molecule has 1 saturated carbocycles. The van der Waals surface area contributed by atoms with Gasteiger partial charge < -0.3 is 15.5 Å². The summed E-state index contributed by atoms with van der Waals surface area (Å²) in [5.74, 6) is -0.880. The number of carbonyl (C=O) groups is 1. The van der Waals surface area contributed by atoms with Gasteiger partial charge in [-0.05, 0) is 25.0 Å². The van der Waals surface area contributed by atoms with E-state index in [2.05, 4.69) is 5.32 Å². The first-order chi connectivity index (χ1) is 7.15. The van der Waals surface area contributed by atoms with Crippen LogP contribution >= 0.6 is 11.3 Å². The molecule has 1 heterocycles. The number of carboxylic acids is 1. The lowest BCUT2D eigenvalue weighted by Crippen LogP contribution is -2.33. The smallest absolute Gasteiger partial charge is 0.345 e. The Morgan fingerprint density at radius 3 is 2.73 bits per heavy atom. The van der Waals surface area contributed by atoms with Gasteiger partial charge in [0, 0.05) is 17.0 Å². The van der Waals surface area contributed by atoms with Gasteiger partial charge in [0.1, 0.15) is 4.88 Å². The van der Waals surface area contributed by atoms with Crippen molar-refractivity contribution in [3.05, 3.63) is 21.9 Å². The van der Waals surface area contributed by atoms with Gasteiger partial charge in [0.25, 0.3) is 0 Å². The second kappa shape index (κ2) is 3.92. The number of hydrogen-bond donors (Lipinski definition) is 3. The van der Waals surface area contributed by atoms with E-state index in [1.165, 1.54) is 11.3 Å². The van der Waals surface area contributed by atoms with Gasteiger partial charge in [-0.3, -0.25) is 0 Å². The molecule has 0 aromatic carbocycles. The molecule has 0 radical (unpaired) electrons. The molecule has 2 rings (SSSR count). The van der Waals surface area contributed by atoms with Crippen molar-refractivity contribution in [1.82, 2.24) is 5.32 Å². The molecule has 5 heteroatoms. The van der Waals surface area contributed by atoms with Gasteiger partial charge in [-0.1, -0.05) is 0 Å². The Balaban J connectivity index is 1.91. The molecule has 0 spiro atoms. The number of thiophene rings is 1. The van der Waals surface area contributed by atoms with E-state index in [4.69, 9.17) is 10.2 Å². The Hall–Kier alpha value is -0.910. The topological polar surface area (TPSA) is 69.6 Å². The molecule has 1 aliphatic rings. The lowest BCUT2D eigenvalue weighted by Gasteiger charge is -2.12. The monoisotopic (exact) mass is 227 g/mol. The molecular formula is C10H13NO3S. The van der Waals surface area contributed by atoms with Crippen molar-refractivity contribution in [3.63, 3.8) is 0 Å². The van der Waals surface area contributed by atoms with Crippen LogP contribution in [0.15, 0.2) is 12.1 Å². The summed E-state index contributed by atoms with van der Waals surface area (Å²) in [4.78, 5) is 12.0. The number of aromatic carboxylic acids is 1. The van der Waals surface area contributed by atoms with Gasteiger partial charge in [0.15, 0.2) is 0 Å². The van der Waals surface area contributed by atoms with E-state index in [9.17, 15) is 4.79 Å². The molecule has 1 aromatic rings. The van der Waals surface area contributed by atoms with Crippen LogP contribution in [0.4, 0.5) is 0 Å². The predicted octanol–water partition coefficient (Wildman–Crippen LogP) is 1.06. The van der Waals surface area contributed by atoms with Gasteiger partial charge >= 0.3 is 5.97 Å². The number of carboxylic acid groups (broad SMARTS) is 1. The molecular weight excluding hydrogens is 214 g/mol. The quantitative estimate of drug-likeness (QED) is 0.703. The molecule has 0 saturated heterocycles. The highest BCUT2D eigenvalue weighted by molar-refractivity contribution is 7.13. The fourth-order valence-corrected chi connectivity index (χ4v) is 2.19. The number of hydrogen-bond acceptors (Lipinski definition) is 4. The summed E-state index contributed by atoms with van der Waals surface area (Å²) >= 11 is 1.28. The van der Waals surface area contributed by atoms with E-state index in [1.54, 1.807) is 6.07 Å². The van der Waals surface area contributed by atoms with Gasteiger partial charge in [-0.25, -0.2) is 4.79 Å². The van der Waals surface area contributed by atoms with Gasteiger partial charge in [0.2, 0.25) is 0 Å². The highest BCUT2D eigenvalue weighted by atomic mass is 32.1. The SMILES string of the molecule is O=C(O)c1ccc(CNC2(CO)CC2)s1. The van der Waals surface area contributed by atoms with Crippen LogP contribution in [0.5, 0.6) is 0 Å². The summed E-state index contributed by atoms with van der Waals surface area (Å²) in [6.07, 6.45) is 2.00. The molecule has 4 nitrogen and oxygen atoms in total. The van der Waals surface area contributed by atoms with Crippen LogP contribution in [0, 0.1) is 0 Å². The third-order valence-electron chi connectivity index (χ3n) is 2.67. The first kappa shape index (κ1) is 10.6. The molecule has 0 bridgehead atoms. The Labute approximate surface area is 91.6 Å². The molecule has 1 aliphatic carbocycles. The van der Waals surface area contributed by atoms with Crippen molar-refractivity contribution in [2.24, 2.45) is 0 Å². The Morgan fingerprint density at radius 2 is 2.27 bits per heavy atom. The van der Waals surface area contributed by atoms with Gasteiger partial charge in [0.05, 0.1) is 6.61 Å². The van der Waals surface area contributed by atoms with Crippen LogP contribution in [0.3, 0.4) is 0 Å². The number of nitrogens with one attached hydrogen (secondary N) is 1. The minimum Gasteiger partial charge on any atom is -0.477 e. The van der Waals surface area contributed by atoms with E-state index in [-0.39, 0.29) is 12.1 Å². The van der Waals surface area contributed by atoms with Crippen molar-refractivity contribution in [1.29, 1.82) is 0 Å². The first-order valence-corrected chi connectivity index (χ1v) is 5.65. The molecule has 0 amide bonds. The first-order valence-electron chi connectivity index (χ1n) is 4.83. The van der Waals surface area contributed by atoms with E-state index >= 15 is 0 Å². The summed E-state index contributed by atoms with van der Waals surface area (Å²) in [7, 11) is 0. The summed E-state index contributed by atoms with van der Waals surface area (Å²) in [5.41, 5.74) is -0.0899. The Morgan fingerprint density at radius 1 is 1.53 bits per heavy atom. The third kappa shape index (κ3) is 2.37. The zero-order valence-electron chi connectivity index (χ0n) is 8.19. The highest BCUT2D eigenvalue weighted by Crippen LogP contribution is 2.35. The van der Waals surface area contributed by atoms with Gasteiger partial charge in [-0.15, -0.1) is 11.3 Å². The number of aliphatic hydroxyl groups is 1. The normalized spacial score (nSPS) is 17.7. The lowest BCUT2D eigenvalue weighted by atomic mass is 10.3. The van der Waals surface area contributed by atoms with E-state index in [0.29, 0.717) is 11.4 Å². The molecule has 82 valence electrons. The summed E-state index contributed by atoms with van der Waals surface area (Å²) in [6, 6.07) is 3.43. The molecule has 0 atom stereocenters. The maximum atomic E-state index is 10.6. The van der Waals surface area contributed by atoms with E-state index in [0.717, 1.165) is 17.7 Å². The fourth-order valence-electron chi connectivity index (χ4n) is 1.40. The van der Waals surface area contributed by atoms with Crippen LogP contribution in [-0.4, -0.2) is 28.3 Å². The predicted molar refractivity (Wildman–Crippen MR) is 57.2 cm³/mol. The summed E-state index contributed by atoms with van der Waals surface area (Å²) < 4.78 is 0. The largest absolute Gasteiger partial charge is 0.477 e. The summed E-state index contributed by atoms with van der Waals surface area (Å²) in [6.45, 7) is 0.794. The Kier molecular flexibility index (Phi) is 2.77. The average Bonchev–Trinajstić information content (AvgIpc) is 2.85. The average molecular weight is 227 g/mol. The lowest BCUT2D eigenvalue weighted by molar-refractivity contribution is 0.0702. The Bertz CT molecular complexity index is 370. The maximum absolute atomic E-state index is 10.6. The van der Waals surface area contributed by atoms with Crippen molar-refractivity contribution in [2.75, 3.05) is 6.61 Å². The van der Waals surface area contributed by atoms with Crippen LogP contribution in [0.2, 0.25) is 0 Å².